The molecule has 30 heavy (non-hydrogen) atoms. The maximum atomic E-state index is 5.81. The van der Waals surface area contributed by atoms with Gasteiger partial charge >= 0.3 is 0 Å². The van der Waals surface area contributed by atoms with Gasteiger partial charge in [0.1, 0.15) is 5.75 Å². The Kier molecular flexibility index (Phi) is 9.73. The summed E-state index contributed by atoms with van der Waals surface area (Å²) in [6, 6.07) is 13.2. The van der Waals surface area contributed by atoms with Crippen LogP contribution >= 0.6 is 0 Å². The molecule has 0 N–H and O–H groups in total. The molecule has 1 aliphatic carbocycles. The number of hydrogen-bond donors (Lipinski definition) is 0. The molecule has 2 unspecified atom stereocenters. The van der Waals surface area contributed by atoms with Gasteiger partial charge in [0.05, 0.1) is 18.5 Å². The van der Waals surface area contributed by atoms with Crippen molar-refractivity contribution in [1.82, 2.24) is 4.98 Å². The van der Waals surface area contributed by atoms with E-state index < -0.39 is 0 Å². The van der Waals surface area contributed by atoms with Gasteiger partial charge in [0.2, 0.25) is 0 Å². The van der Waals surface area contributed by atoms with Crippen molar-refractivity contribution in [2.45, 2.75) is 90.9 Å². The first-order valence-electron chi connectivity index (χ1n) is 12.5. The number of ether oxygens (including phenoxy) is 1. The van der Waals surface area contributed by atoms with E-state index in [1.54, 1.807) is 0 Å². The molecule has 2 atom stereocenters. The molecule has 3 rings (SSSR count). The van der Waals surface area contributed by atoms with Crippen molar-refractivity contribution in [2.24, 2.45) is 11.8 Å². The first-order chi connectivity index (χ1) is 14.8. The van der Waals surface area contributed by atoms with Crippen LogP contribution in [0.1, 0.15) is 90.0 Å². The molecule has 1 saturated carbocycles. The quantitative estimate of drug-likeness (QED) is 0.330. The second-order valence-electron chi connectivity index (χ2n) is 9.21. The minimum Gasteiger partial charge on any atom is -0.492 e. The lowest BCUT2D eigenvalue weighted by Gasteiger charge is -2.29. The van der Waals surface area contributed by atoms with Crippen molar-refractivity contribution in [3.05, 3.63) is 48.2 Å². The number of rotatable bonds is 12. The van der Waals surface area contributed by atoms with E-state index in [1.165, 1.54) is 81.8 Å². The minimum atomic E-state index is 0.788. The monoisotopic (exact) mass is 407 g/mol. The van der Waals surface area contributed by atoms with Gasteiger partial charge in [-0.15, -0.1) is 0 Å². The number of unbranched alkanes of at least 4 members (excludes halogenated alkanes) is 3. The van der Waals surface area contributed by atoms with Crippen LogP contribution in [0.15, 0.2) is 42.6 Å². The fourth-order valence-corrected chi connectivity index (χ4v) is 4.90. The van der Waals surface area contributed by atoms with Gasteiger partial charge in [-0.2, -0.15) is 0 Å². The molecule has 164 valence electrons. The van der Waals surface area contributed by atoms with Crippen LogP contribution in [0, 0.1) is 11.8 Å². The number of nitrogens with zero attached hydrogens (tertiary/aromatic N) is 1. The highest BCUT2D eigenvalue weighted by molar-refractivity contribution is 5.59. The molecule has 0 radical (unpaired) electrons. The van der Waals surface area contributed by atoms with Gasteiger partial charge in [-0.1, -0.05) is 89.5 Å². The highest BCUT2D eigenvalue weighted by Gasteiger charge is 2.21. The first kappa shape index (κ1) is 22.8. The average Bonchev–Trinajstić information content (AvgIpc) is 2.79. The van der Waals surface area contributed by atoms with Crippen molar-refractivity contribution >= 4 is 0 Å². The molecule has 0 amide bonds. The van der Waals surface area contributed by atoms with E-state index in [2.05, 4.69) is 49.2 Å². The molecule has 2 aromatic rings. The van der Waals surface area contributed by atoms with Crippen LogP contribution < -0.4 is 4.74 Å². The van der Waals surface area contributed by atoms with E-state index in [4.69, 9.17) is 4.74 Å². The smallest absolute Gasteiger partial charge is 0.137 e. The second-order valence-corrected chi connectivity index (χ2v) is 9.21. The largest absolute Gasteiger partial charge is 0.492 e. The van der Waals surface area contributed by atoms with E-state index >= 15 is 0 Å². The highest BCUT2D eigenvalue weighted by atomic mass is 16.5. The molecular formula is C28H41NO. The zero-order chi connectivity index (χ0) is 21.0. The number of pyridine rings is 1. The third-order valence-electron chi connectivity index (χ3n) is 6.68. The Morgan fingerprint density at radius 1 is 0.867 bits per heavy atom. The summed E-state index contributed by atoms with van der Waals surface area (Å²) >= 11 is 0. The molecule has 1 fully saturated rings. The fourth-order valence-electron chi connectivity index (χ4n) is 4.90. The zero-order valence-electron chi connectivity index (χ0n) is 19.2. The van der Waals surface area contributed by atoms with Crippen molar-refractivity contribution < 1.29 is 4.74 Å². The molecule has 0 spiro atoms. The molecule has 1 aromatic heterocycles. The Morgan fingerprint density at radius 2 is 1.67 bits per heavy atom. The Morgan fingerprint density at radius 3 is 2.37 bits per heavy atom. The summed E-state index contributed by atoms with van der Waals surface area (Å²) in [5.41, 5.74) is 3.67. The molecule has 2 nitrogen and oxygen atoms in total. The SMILES string of the molecule is CCCCCCOc1ccc(-c2ccc(CCC3CCCC(CCC)C3)cc2)nc1. The van der Waals surface area contributed by atoms with Crippen LogP contribution in [0.3, 0.4) is 0 Å². The van der Waals surface area contributed by atoms with Gasteiger partial charge in [0.15, 0.2) is 0 Å². The Hall–Kier alpha value is -1.83. The lowest BCUT2D eigenvalue weighted by atomic mass is 9.77. The second kappa shape index (κ2) is 12.8. The molecule has 0 aliphatic heterocycles. The normalized spacial score (nSPS) is 19.0. The summed E-state index contributed by atoms with van der Waals surface area (Å²) in [4.78, 5) is 4.61. The zero-order valence-corrected chi connectivity index (χ0v) is 19.2. The Labute approximate surface area is 184 Å². The van der Waals surface area contributed by atoms with Gasteiger partial charge in [0, 0.05) is 5.56 Å². The van der Waals surface area contributed by atoms with Gasteiger partial charge < -0.3 is 4.74 Å². The number of hydrogen-bond acceptors (Lipinski definition) is 2. The summed E-state index contributed by atoms with van der Waals surface area (Å²) in [6.07, 6.45) is 17.9. The van der Waals surface area contributed by atoms with Crippen LogP contribution in [0.4, 0.5) is 0 Å². The summed E-state index contributed by atoms with van der Waals surface area (Å²) in [6.45, 7) is 5.35. The highest BCUT2D eigenvalue weighted by Crippen LogP contribution is 2.34. The Balaban J connectivity index is 1.44. The van der Waals surface area contributed by atoms with Crippen LogP contribution in [-0.2, 0) is 6.42 Å². The number of aryl methyl sites for hydroxylation is 1. The molecular weight excluding hydrogens is 366 g/mol. The van der Waals surface area contributed by atoms with E-state index in [1.807, 2.05) is 12.3 Å². The summed E-state index contributed by atoms with van der Waals surface area (Å²) in [5.74, 6) is 2.80. The van der Waals surface area contributed by atoms with E-state index in [0.717, 1.165) is 36.3 Å². The third kappa shape index (κ3) is 7.45. The summed E-state index contributed by atoms with van der Waals surface area (Å²) in [7, 11) is 0. The van der Waals surface area contributed by atoms with Crippen LogP contribution in [0.2, 0.25) is 0 Å². The molecule has 0 bridgehead atoms. The van der Waals surface area contributed by atoms with Crippen molar-refractivity contribution in [1.29, 1.82) is 0 Å². The molecule has 1 aromatic carbocycles. The van der Waals surface area contributed by atoms with Crippen molar-refractivity contribution in [3.63, 3.8) is 0 Å². The molecule has 1 heterocycles. The number of aromatic nitrogens is 1. The lowest BCUT2D eigenvalue weighted by molar-refractivity contribution is 0.243. The molecule has 0 saturated heterocycles. The predicted molar refractivity (Wildman–Crippen MR) is 128 cm³/mol. The van der Waals surface area contributed by atoms with Gasteiger partial charge in [0.25, 0.3) is 0 Å². The van der Waals surface area contributed by atoms with E-state index in [0.29, 0.717) is 0 Å². The maximum absolute atomic E-state index is 5.81. The van der Waals surface area contributed by atoms with E-state index in [9.17, 15) is 0 Å². The predicted octanol–water partition coefficient (Wildman–Crippen LogP) is 8.25. The first-order valence-corrected chi connectivity index (χ1v) is 12.5. The summed E-state index contributed by atoms with van der Waals surface area (Å²) < 4.78 is 5.81. The van der Waals surface area contributed by atoms with Crippen LogP contribution in [-0.4, -0.2) is 11.6 Å². The number of benzene rings is 1. The van der Waals surface area contributed by atoms with Gasteiger partial charge in [-0.25, -0.2) is 0 Å². The third-order valence-corrected chi connectivity index (χ3v) is 6.68. The lowest BCUT2D eigenvalue weighted by Crippen LogP contribution is -2.16. The Bertz CT molecular complexity index is 704. The minimum absolute atomic E-state index is 0.788. The molecule has 1 aliphatic rings. The van der Waals surface area contributed by atoms with Crippen molar-refractivity contribution in [2.75, 3.05) is 6.61 Å². The average molecular weight is 408 g/mol. The maximum Gasteiger partial charge on any atom is 0.137 e. The fraction of sp³-hybridized carbons (Fsp3) is 0.607. The van der Waals surface area contributed by atoms with Crippen LogP contribution in [0.25, 0.3) is 11.3 Å². The van der Waals surface area contributed by atoms with Crippen LogP contribution in [0.5, 0.6) is 5.75 Å². The van der Waals surface area contributed by atoms with Crippen molar-refractivity contribution in [3.8, 4) is 17.0 Å². The van der Waals surface area contributed by atoms with E-state index in [-0.39, 0.29) is 0 Å². The summed E-state index contributed by atoms with van der Waals surface area (Å²) in [5, 5.41) is 0. The standard InChI is InChI=1S/C28H41NO/c1-3-5-6-7-20-30-27-18-19-28(29-22-27)26-16-14-23(15-17-26)12-13-25-11-8-10-24(21-25)9-4-2/h14-19,22,24-25H,3-13,20-21H2,1-2H3. The van der Waals surface area contributed by atoms with Gasteiger partial charge in [-0.05, 0) is 55.2 Å². The van der Waals surface area contributed by atoms with Gasteiger partial charge in [-0.3, -0.25) is 4.98 Å². The topological polar surface area (TPSA) is 22.1 Å². The molecule has 2 heteroatoms.